The summed E-state index contributed by atoms with van der Waals surface area (Å²) >= 11 is 0. The van der Waals surface area contributed by atoms with Crippen molar-refractivity contribution in [2.24, 2.45) is 23.5 Å². The van der Waals surface area contributed by atoms with Crippen LogP contribution in [0.1, 0.15) is 100.0 Å². The van der Waals surface area contributed by atoms with Crippen molar-refractivity contribution in [3.05, 3.63) is 29.8 Å². The number of aliphatic carboxylic acids is 2. The third kappa shape index (κ3) is 22.6. The zero-order valence-electron chi connectivity index (χ0n) is 42.0. The SMILES string of the molecule is CC[C@@H](C)[C@H](NC(=O)[C@@H](NC(=O)[C@@H](NC(=O)CNC(=O)[C@H](C)NC(=O)[C@H](Cc1ccc(O)cc1)NC(C)=O)[C@@H](C)O)C(C)C)C(=O)N[C@@H](CC(N)=O)C(=O)N[C@@H](CCC(=O)O)C(=O)N[C@@H](CC(C)C)C(=O)O. The molecular formula is C46H72N10O16. The van der Waals surface area contributed by atoms with E-state index in [2.05, 4.69) is 47.9 Å². The van der Waals surface area contributed by atoms with Crippen molar-refractivity contribution in [2.45, 2.75) is 155 Å². The second-order valence-corrected chi connectivity index (χ2v) is 18.2. The Morgan fingerprint density at radius 3 is 1.61 bits per heavy atom. The summed E-state index contributed by atoms with van der Waals surface area (Å²) in [4.78, 5) is 154. The average molecular weight is 1020 g/mol. The molecule has 15 N–H and O–H groups in total. The van der Waals surface area contributed by atoms with Crippen LogP contribution in [-0.4, -0.2) is 152 Å². The lowest BCUT2D eigenvalue weighted by molar-refractivity contribution is -0.143. The van der Waals surface area contributed by atoms with Crippen LogP contribution >= 0.6 is 0 Å². The van der Waals surface area contributed by atoms with E-state index in [1.807, 2.05) is 0 Å². The number of primary amides is 1. The molecular weight excluding hydrogens is 949 g/mol. The van der Waals surface area contributed by atoms with E-state index < -0.39 is 163 Å². The number of carboxylic acids is 2. The highest BCUT2D eigenvalue weighted by Gasteiger charge is 2.37. The summed E-state index contributed by atoms with van der Waals surface area (Å²) in [7, 11) is 0. The molecule has 0 saturated heterocycles. The smallest absolute Gasteiger partial charge is 0.326 e. The number of phenols is 1. The second-order valence-electron chi connectivity index (χ2n) is 18.2. The van der Waals surface area contributed by atoms with Crippen molar-refractivity contribution < 1.29 is 78.0 Å². The van der Waals surface area contributed by atoms with Crippen LogP contribution in [0.15, 0.2) is 24.3 Å². The van der Waals surface area contributed by atoms with E-state index in [4.69, 9.17) is 5.73 Å². The van der Waals surface area contributed by atoms with Gasteiger partial charge in [-0.1, -0.05) is 60.1 Å². The first-order valence-corrected chi connectivity index (χ1v) is 23.3. The number of nitrogens with two attached hydrogens (primary N) is 1. The maximum Gasteiger partial charge on any atom is 0.326 e. The predicted molar refractivity (Wildman–Crippen MR) is 255 cm³/mol. The minimum atomic E-state index is -1.79. The largest absolute Gasteiger partial charge is 0.508 e. The molecule has 0 saturated carbocycles. The number of aromatic hydroxyl groups is 1. The maximum atomic E-state index is 13.9. The van der Waals surface area contributed by atoms with Gasteiger partial charge in [0.05, 0.1) is 19.1 Å². The molecule has 0 heterocycles. The van der Waals surface area contributed by atoms with Crippen molar-refractivity contribution in [3.8, 4) is 5.75 Å². The normalized spacial score (nSPS) is 15.2. The molecule has 0 aliphatic rings. The number of hydrogen-bond donors (Lipinski definition) is 14. The van der Waals surface area contributed by atoms with Crippen LogP contribution in [-0.2, 0) is 64.0 Å². The summed E-state index contributed by atoms with van der Waals surface area (Å²) < 4.78 is 0. The van der Waals surface area contributed by atoms with Gasteiger partial charge in [0.1, 0.15) is 54.1 Å². The van der Waals surface area contributed by atoms with E-state index in [1.165, 1.54) is 39.8 Å². The van der Waals surface area contributed by atoms with Gasteiger partial charge in [-0.3, -0.25) is 52.7 Å². The predicted octanol–water partition coefficient (Wildman–Crippen LogP) is -3.08. The number of nitrogens with one attached hydrogen (secondary N) is 9. The van der Waals surface area contributed by atoms with Gasteiger partial charge in [-0.15, -0.1) is 0 Å². The lowest BCUT2D eigenvalue weighted by Gasteiger charge is -2.30. The molecule has 10 atom stereocenters. The Morgan fingerprint density at radius 2 is 1.11 bits per heavy atom. The number of phenolic OH excluding ortho intramolecular Hbond substituents is 1. The molecule has 72 heavy (non-hydrogen) atoms. The van der Waals surface area contributed by atoms with E-state index >= 15 is 0 Å². The molecule has 402 valence electrons. The van der Waals surface area contributed by atoms with Gasteiger partial charge < -0.3 is 74.0 Å². The quantitative estimate of drug-likeness (QED) is 0.0351. The highest BCUT2D eigenvalue weighted by atomic mass is 16.4. The highest BCUT2D eigenvalue weighted by molar-refractivity contribution is 5.99. The molecule has 0 spiro atoms. The van der Waals surface area contributed by atoms with Crippen molar-refractivity contribution >= 4 is 71.0 Å². The molecule has 0 fully saturated rings. The number of hydrogen-bond acceptors (Lipinski definition) is 14. The molecule has 0 radical (unpaired) electrons. The second kappa shape index (κ2) is 30.4. The van der Waals surface area contributed by atoms with Gasteiger partial charge in [-0.05, 0) is 62.1 Å². The van der Waals surface area contributed by atoms with Crippen LogP contribution < -0.4 is 53.6 Å². The molecule has 26 heteroatoms. The Balaban J connectivity index is 3.17. The molecule has 1 rings (SSSR count). The molecule has 1 aromatic rings. The fourth-order valence-electron chi connectivity index (χ4n) is 6.82. The topological polar surface area (TPSA) is 420 Å². The van der Waals surface area contributed by atoms with Gasteiger partial charge in [-0.25, -0.2) is 4.79 Å². The Labute approximate surface area is 416 Å². The van der Waals surface area contributed by atoms with Crippen LogP contribution in [0.5, 0.6) is 5.75 Å². The summed E-state index contributed by atoms with van der Waals surface area (Å²) in [5.41, 5.74) is 5.98. The minimum Gasteiger partial charge on any atom is -0.508 e. The highest BCUT2D eigenvalue weighted by Crippen LogP contribution is 2.14. The number of rotatable bonds is 31. The summed E-state index contributed by atoms with van der Waals surface area (Å²) in [6, 6.07) is -5.89. The van der Waals surface area contributed by atoms with Crippen LogP contribution in [0.4, 0.5) is 0 Å². The van der Waals surface area contributed by atoms with Crippen LogP contribution in [0.2, 0.25) is 0 Å². The lowest BCUT2D eigenvalue weighted by atomic mass is 9.95. The summed E-state index contributed by atoms with van der Waals surface area (Å²) in [6.45, 7) is 12.6. The van der Waals surface area contributed by atoms with Crippen molar-refractivity contribution in [2.75, 3.05) is 6.54 Å². The molecule has 0 aromatic heterocycles. The van der Waals surface area contributed by atoms with E-state index in [9.17, 15) is 78.0 Å². The number of aliphatic hydroxyl groups excluding tert-OH is 1. The van der Waals surface area contributed by atoms with E-state index in [0.717, 1.165) is 6.92 Å². The van der Waals surface area contributed by atoms with Gasteiger partial charge in [0.25, 0.3) is 0 Å². The van der Waals surface area contributed by atoms with Gasteiger partial charge in [0.15, 0.2) is 0 Å². The standard InChI is InChI=1S/C46H72N10O16/c1-10-23(6)37(44(69)52-31(19-33(47)60)42(67)51-29(15-16-35(62)63)40(65)53-32(46(71)72)17-21(2)3)56-43(68)36(22(4)5)55-45(70)38(25(8)57)54-34(61)20-48-39(64)24(7)49-41(66)30(50-26(9)58)18-27-11-13-28(59)14-12-27/h11-14,21-25,29-32,36-38,57,59H,10,15-20H2,1-9H3,(H2,47,60)(H,48,64)(H,49,66)(H,50,58)(H,51,67)(H,52,69)(H,53,65)(H,54,61)(H,55,70)(H,56,68)(H,62,63)(H,71,72)/t23-,24+,25-,29+,30+,31+,32+,36+,37+,38+/m1/s1. The molecule has 0 unspecified atom stereocenters. The van der Waals surface area contributed by atoms with Crippen LogP contribution in [0.3, 0.4) is 0 Å². The van der Waals surface area contributed by atoms with Gasteiger partial charge in [0.2, 0.25) is 59.1 Å². The fraction of sp³-hybridized carbons (Fsp3) is 0.609. The summed E-state index contributed by atoms with van der Waals surface area (Å²) in [5, 5.41) is 60.3. The Morgan fingerprint density at radius 1 is 0.597 bits per heavy atom. The maximum absolute atomic E-state index is 13.9. The molecule has 0 bridgehead atoms. The molecule has 0 aliphatic carbocycles. The summed E-state index contributed by atoms with van der Waals surface area (Å²) in [6.07, 6.45) is -3.32. The van der Waals surface area contributed by atoms with E-state index in [1.54, 1.807) is 39.8 Å². The number of aliphatic hydroxyl groups is 1. The monoisotopic (exact) mass is 1020 g/mol. The first-order chi connectivity index (χ1) is 33.5. The van der Waals surface area contributed by atoms with Crippen LogP contribution in [0.25, 0.3) is 0 Å². The van der Waals surface area contributed by atoms with Gasteiger partial charge in [-0.2, -0.15) is 0 Å². The first kappa shape index (κ1) is 62.6. The minimum absolute atomic E-state index is 0.00870. The molecule has 26 nitrogen and oxygen atoms in total. The van der Waals surface area contributed by atoms with Crippen molar-refractivity contribution in [3.63, 3.8) is 0 Å². The lowest BCUT2D eigenvalue weighted by Crippen LogP contribution is -2.62. The van der Waals surface area contributed by atoms with Crippen molar-refractivity contribution in [1.29, 1.82) is 0 Å². The Hall–Kier alpha value is -7.38. The number of benzene rings is 1. The zero-order chi connectivity index (χ0) is 55.2. The fourth-order valence-corrected chi connectivity index (χ4v) is 6.82. The summed E-state index contributed by atoms with van der Waals surface area (Å²) in [5.74, 6) is -13.7. The van der Waals surface area contributed by atoms with Crippen LogP contribution in [0, 0.1) is 17.8 Å². The molecule has 0 aliphatic heterocycles. The number of carbonyl (C=O) groups excluding carboxylic acids is 10. The van der Waals surface area contributed by atoms with Crippen molar-refractivity contribution in [1.82, 2.24) is 47.9 Å². The van der Waals surface area contributed by atoms with Gasteiger partial charge in [0, 0.05) is 19.8 Å². The number of carbonyl (C=O) groups is 12. The Kier molecular flexibility index (Phi) is 26.4. The zero-order valence-corrected chi connectivity index (χ0v) is 42.0. The Bertz CT molecular complexity index is 2100. The van der Waals surface area contributed by atoms with E-state index in [0.29, 0.717) is 5.56 Å². The third-order valence-corrected chi connectivity index (χ3v) is 11.0. The first-order valence-electron chi connectivity index (χ1n) is 23.3. The van der Waals surface area contributed by atoms with E-state index in [-0.39, 0.29) is 30.9 Å². The number of carboxylic acid groups (broad SMARTS) is 2. The third-order valence-electron chi connectivity index (χ3n) is 11.0. The van der Waals surface area contributed by atoms with Gasteiger partial charge >= 0.3 is 11.9 Å². The number of amides is 10. The molecule has 1 aromatic carbocycles. The molecule has 10 amide bonds. The average Bonchev–Trinajstić information content (AvgIpc) is 3.28.